The Labute approximate surface area is 201 Å². The first-order chi connectivity index (χ1) is 16.5. The lowest BCUT2D eigenvalue weighted by Crippen LogP contribution is -2.56. The Morgan fingerprint density at radius 2 is 1.94 bits per heavy atom. The van der Waals surface area contributed by atoms with Crippen LogP contribution in [0.15, 0.2) is 48.7 Å². The molecule has 2 fully saturated rings. The number of aromatic nitrogens is 1. The Bertz CT molecular complexity index is 978. The number of hydrogen-bond donors (Lipinski definition) is 0. The number of hydrogen-bond acceptors (Lipinski definition) is 6. The van der Waals surface area contributed by atoms with Gasteiger partial charge in [0, 0.05) is 58.6 Å². The summed E-state index contributed by atoms with van der Waals surface area (Å²) in [6.07, 6.45) is 3.10. The molecule has 3 heterocycles. The lowest BCUT2D eigenvalue weighted by molar-refractivity contribution is -0.136. The fraction of sp³-hybridized carbons (Fsp3) is 0.500. The van der Waals surface area contributed by atoms with Crippen LogP contribution in [-0.2, 0) is 14.9 Å². The van der Waals surface area contributed by atoms with Gasteiger partial charge in [-0.05, 0) is 43.2 Å². The third-order valence-electron chi connectivity index (χ3n) is 6.61. The first kappa shape index (κ1) is 24.2. The van der Waals surface area contributed by atoms with Crippen LogP contribution in [0.2, 0.25) is 0 Å². The molecule has 0 N–H and O–H groups in total. The molecule has 1 unspecified atom stereocenters. The zero-order valence-electron chi connectivity index (χ0n) is 20.1. The van der Waals surface area contributed by atoms with Gasteiger partial charge in [0.1, 0.15) is 17.8 Å². The van der Waals surface area contributed by atoms with E-state index < -0.39 is 5.41 Å². The van der Waals surface area contributed by atoms with Gasteiger partial charge in [0.25, 0.3) is 5.91 Å². The summed E-state index contributed by atoms with van der Waals surface area (Å²) < 4.78 is 11.3. The van der Waals surface area contributed by atoms with Crippen molar-refractivity contribution >= 4 is 11.8 Å². The van der Waals surface area contributed by atoms with Crippen LogP contribution in [-0.4, -0.2) is 98.1 Å². The average molecular weight is 467 g/mol. The van der Waals surface area contributed by atoms with Crippen molar-refractivity contribution in [1.82, 2.24) is 19.7 Å². The molecule has 0 aliphatic carbocycles. The number of amides is 2. The molecular formula is C26H34N4O4. The van der Waals surface area contributed by atoms with Crippen molar-refractivity contribution in [1.29, 1.82) is 0 Å². The van der Waals surface area contributed by atoms with Gasteiger partial charge in [0.05, 0.1) is 18.9 Å². The molecule has 0 saturated carbocycles. The largest absolute Gasteiger partial charge is 0.492 e. The molecule has 8 nitrogen and oxygen atoms in total. The SMILES string of the molecule is CN(C)C(=O)C1(c2ccccn2)CCCN(C(=O)c2cccc(OCCN3CCOCC3)c2)C1. The Balaban J connectivity index is 1.47. The fourth-order valence-corrected chi connectivity index (χ4v) is 4.81. The van der Waals surface area contributed by atoms with Gasteiger partial charge in [0.2, 0.25) is 5.91 Å². The predicted octanol–water partition coefficient (Wildman–Crippen LogP) is 2.05. The molecule has 2 aliphatic rings. The van der Waals surface area contributed by atoms with Gasteiger partial charge >= 0.3 is 0 Å². The van der Waals surface area contributed by atoms with Crippen LogP contribution in [0.4, 0.5) is 0 Å². The van der Waals surface area contributed by atoms with E-state index in [-0.39, 0.29) is 11.8 Å². The molecule has 4 rings (SSSR count). The second kappa shape index (κ2) is 11.0. The van der Waals surface area contributed by atoms with Gasteiger partial charge in [-0.3, -0.25) is 19.5 Å². The van der Waals surface area contributed by atoms with Crippen molar-refractivity contribution < 1.29 is 19.1 Å². The van der Waals surface area contributed by atoms with Crippen LogP contribution in [0.1, 0.15) is 28.9 Å². The second-order valence-corrected chi connectivity index (χ2v) is 9.16. The van der Waals surface area contributed by atoms with E-state index in [2.05, 4.69) is 9.88 Å². The molecule has 1 atom stereocenters. The maximum Gasteiger partial charge on any atom is 0.254 e. The van der Waals surface area contributed by atoms with Crippen molar-refractivity contribution in [2.45, 2.75) is 18.3 Å². The Morgan fingerprint density at radius 3 is 2.68 bits per heavy atom. The number of piperidine rings is 1. The van der Waals surface area contributed by atoms with Gasteiger partial charge < -0.3 is 19.3 Å². The first-order valence-electron chi connectivity index (χ1n) is 12.0. The highest BCUT2D eigenvalue weighted by atomic mass is 16.5. The Morgan fingerprint density at radius 1 is 1.12 bits per heavy atom. The van der Waals surface area contributed by atoms with Crippen molar-refractivity contribution in [2.24, 2.45) is 0 Å². The van der Waals surface area contributed by atoms with Gasteiger partial charge in [-0.25, -0.2) is 0 Å². The molecule has 8 heteroatoms. The average Bonchev–Trinajstić information content (AvgIpc) is 2.89. The molecule has 2 aliphatic heterocycles. The Kier molecular flexibility index (Phi) is 7.80. The standard InChI is InChI=1S/C26H34N4O4/c1-28(2)25(32)26(23-9-3-4-11-27-23)10-6-12-30(20-26)24(31)21-7-5-8-22(19-21)34-18-15-29-13-16-33-17-14-29/h3-5,7-9,11,19H,6,10,12-18,20H2,1-2H3. The molecule has 1 aromatic heterocycles. The van der Waals surface area contributed by atoms with Crippen molar-refractivity contribution in [3.8, 4) is 5.75 Å². The zero-order chi connectivity index (χ0) is 24.0. The number of morpholine rings is 1. The van der Waals surface area contributed by atoms with Crippen molar-refractivity contribution in [3.63, 3.8) is 0 Å². The quantitative estimate of drug-likeness (QED) is 0.622. The van der Waals surface area contributed by atoms with Crippen LogP contribution in [0.5, 0.6) is 5.75 Å². The smallest absolute Gasteiger partial charge is 0.254 e. The normalized spacial score (nSPS) is 21.2. The number of rotatable bonds is 7. The van der Waals surface area contributed by atoms with Gasteiger partial charge in [-0.2, -0.15) is 0 Å². The molecular weight excluding hydrogens is 432 g/mol. The second-order valence-electron chi connectivity index (χ2n) is 9.16. The van der Waals surface area contributed by atoms with Crippen molar-refractivity contribution in [2.75, 3.05) is 66.6 Å². The molecule has 2 saturated heterocycles. The van der Waals surface area contributed by atoms with Crippen LogP contribution in [0.25, 0.3) is 0 Å². The van der Waals surface area contributed by atoms with Gasteiger partial charge in [-0.15, -0.1) is 0 Å². The summed E-state index contributed by atoms with van der Waals surface area (Å²) in [6, 6.07) is 12.9. The highest BCUT2D eigenvalue weighted by molar-refractivity contribution is 5.96. The number of likely N-dealkylation sites (tertiary alicyclic amines) is 1. The summed E-state index contributed by atoms with van der Waals surface area (Å²) >= 11 is 0. The maximum atomic E-state index is 13.5. The summed E-state index contributed by atoms with van der Waals surface area (Å²) in [5.74, 6) is 0.561. The number of ether oxygens (including phenoxy) is 2. The van der Waals surface area contributed by atoms with E-state index in [1.807, 2.05) is 36.4 Å². The minimum absolute atomic E-state index is 0.0242. The lowest BCUT2D eigenvalue weighted by Gasteiger charge is -2.42. The van der Waals surface area contributed by atoms with E-state index in [0.717, 1.165) is 39.3 Å². The van der Waals surface area contributed by atoms with E-state index in [1.54, 1.807) is 36.2 Å². The number of benzene rings is 1. The van der Waals surface area contributed by atoms with Gasteiger partial charge in [-0.1, -0.05) is 12.1 Å². The van der Waals surface area contributed by atoms with Gasteiger partial charge in [0.15, 0.2) is 0 Å². The number of pyridine rings is 1. The third-order valence-corrected chi connectivity index (χ3v) is 6.61. The topological polar surface area (TPSA) is 75.2 Å². The van der Waals surface area contributed by atoms with E-state index in [0.29, 0.717) is 43.1 Å². The lowest BCUT2D eigenvalue weighted by atomic mass is 9.75. The molecule has 34 heavy (non-hydrogen) atoms. The Hall–Kier alpha value is -2.97. The molecule has 182 valence electrons. The molecule has 2 amide bonds. The summed E-state index contributed by atoms with van der Waals surface area (Å²) in [5, 5.41) is 0. The number of likely N-dealkylation sites (N-methyl/N-ethyl adjacent to an activating group) is 1. The predicted molar refractivity (Wildman–Crippen MR) is 129 cm³/mol. The number of carbonyl (C=O) groups is 2. The van der Waals surface area contributed by atoms with E-state index in [1.165, 1.54) is 0 Å². The molecule has 0 radical (unpaired) electrons. The minimum atomic E-state index is -0.842. The monoisotopic (exact) mass is 466 g/mol. The van der Waals surface area contributed by atoms with Crippen molar-refractivity contribution in [3.05, 3.63) is 59.9 Å². The summed E-state index contributed by atoms with van der Waals surface area (Å²) in [4.78, 5) is 37.0. The molecule has 2 aromatic rings. The van der Waals surface area contributed by atoms with Crippen LogP contribution in [0.3, 0.4) is 0 Å². The highest BCUT2D eigenvalue weighted by Crippen LogP contribution is 2.35. The fourth-order valence-electron chi connectivity index (χ4n) is 4.81. The minimum Gasteiger partial charge on any atom is -0.492 e. The summed E-state index contributed by atoms with van der Waals surface area (Å²) in [6.45, 7) is 5.65. The van der Waals surface area contributed by atoms with E-state index >= 15 is 0 Å². The van der Waals surface area contributed by atoms with E-state index in [4.69, 9.17) is 9.47 Å². The maximum absolute atomic E-state index is 13.5. The molecule has 0 bridgehead atoms. The number of carbonyl (C=O) groups excluding carboxylic acids is 2. The van der Waals surface area contributed by atoms with Crippen LogP contribution >= 0.6 is 0 Å². The van der Waals surface area contributed by atoms with E-state index in [9.17, 15) is 9.59 Å². The molecule has 1 aromatic carbocycles. The number of nitrogens with zero attached hydrogens (tertiary/aromatic N) is 4. The zero-order valence-corrected chi connectivity index (χ0v) is 20.1. The molecule has 0 spiro atoms. The van der Waals surface area contributed by atoms with Crippen LogP contribution in [0, 0.1) is 0 Å². The third kappa shape index (κ3) is 5.39. The first-order valence-corrected chi connectivity index (χ1v) is 12.0. The highest BCUT2D eigenvalue weighted by Gasteiger charge is 2.46. The van der Waals surface area contributed by atoms with Crippen LogP contribution < -0.4 is 4.74 Å². The summed E-state index contributed by atoms with van der Waals surface area (Å²) in [7, 11) is 3.51. The summed E-state index contributed by atoms with van der Waals surface area (Å²) in [5.41, 5.74) is 0.440.